The number of nitrogens with zero attached hydrogens (tertiary/aromatic N) is 6. The minimum Gasteiger partial charge on any atom is -0.481 e. The molecule has 2 N–H and O–H groups in total. The summed E-state index contributed by atoms with van der Waals surface area (Å²) in [6.45, 7) is 4.25. The summed E-state index contributed by atoms with van der Waals surface area (Å²) in [4.78, 5) is 30.4. The Kier molecular flexibility index (Phi) is 8.01. The molecule has 0 amide bonds. The number of carbonyl (C=O) groups is 1. The highest BCUT2D eigenvalue weighted by molar-refractivity contribution is 6.33. The second-order valence-corrected chi connectivity index (χ2v) is 12.2. The van der Waals surface area contributed by atoms with Gasteiger partial charge in [0.1, 0.15) is 12.4 Å². The van der Waals surface area contributed by atoms with Crippen molar-refractivity contribution in [2.75, 3.05) is 19.6 Å². The summed E-state index contributed by atoms with van der Waals surface area (Å²) in [5.74, 6) is 0.218. The molecule has 5 aromatic rings. The van der Waals surface area contributed by atoms with E-state index in [1.807, 2.05) is 29.2 Å². The Morgan fingerprint density at radius 1 is 0.932 bits per heavy atom. The Morgan fingerprint density at radius 2 is 1.61 bits per heavy atom. The van der Waals surface area contributed by atoms with E-state index in [1.54, 1.807) is 0 Å². The number of ether oxygens (including phenoxy) is 1. The summed E-state index contributed by atoms with van der Waals surface area (Å²) < 4.78 is 8.02. The van der Waals surface area contributed by atoms with Crippen LogP contribution in [0.3, 0.4) is 0 Å². The number of H-pyrrole nitrogens is 1. The van der Waals surface area contributed by atoms with Crippen LogP contribution in [-0.2, 0) is 11.3 Å². The molecule has 1 aliphatic carbocycles. The van der Waals surface area contributed by atoms with E-state index >= 15 is 0 Å². The SMILES string of the molecule is O=C(O)CC1CCC(Oc2nc3nc(-c4ccc(-c5ccc(-c6ncn(CCN7CCC7)n6)cc5)cc4)c(Cl)cc3[nH]2)CC1. The van der Waals surface area contributed by atoms with Gasteiger partial charge in [0.15, 0.2) is 11.5 Å². The highest BCUT2D eigenvalue weighted by Crippen LogP contribution is 2.33. The molecule has 1 saturated carbocycles. The molecule has 4 heterocycles. The van der Waals surface area contributed by atoms with Crippen LogP contribution in [0.4, 0.5) is 0 Å². The van der Waals surface area contributed by atoms with Crippen molar-refractivity contribution in [1.82, 2.24) is 34.6 Å². The molecular formula is C33H34ClN7O3. The molecule has 2 aliphatic rings. The van der Waals surface area contributed by atoms with Crippen molar-refractivity contribution in [2.45, 2.75) is 51.2 Å². The van der Waals surface area contributed by atoms with Gasteiger partial charge in [-0.3, -0.25) is 9.48 Å². The van der Waals surface area contributed by atoms with Gasteiger partial charge in [0.2, 0.25) is 0 Å². The molecule has 44 heavy (non-hydrogen) atoms. The van der Waals surface area contributed by atoms with E-state index in [2.05, 4.69) is 61.3 Å². The topological polar surface area (TPSA) is 122 Å². The molecular weight excluding hydrogens is 578 g/mol. The number of benzene rings is 2. The van der Waals surface area contributed by atoms with Gasteiger partial charge in [0.05, 0.1) is 22.8 Å². The van der Waals surface area contributed by atoms with Crippen molar-refractivity contribution in [3.05, 3.63) is 65.9 Å². The van der Waals surface area contributed by atoms with Gasteiger partial charge in [0.25, 0.3) is 6.01 Å². The smallest absolute Gasteiger partial charge is 0.303 e. The number of aromatic amines is 1. The van der Waals surface area contributed by atoms with Crippen LogP contribution in [0.2, 0.25) is 5.02 Å². The van der Waals surface area contributed by atoms with Crippen molar-refractivity contribution in [2.24, 2.45) is 5.92 Å². The summed E-state index contributed by atoms with van der Waals surface area (Å²) in [6, 6.07) is 18.7. The van der Waals surface area contributed by atoms with E-state index in [0.29, 0.717) is 27.9 Å². The van der Waals surface area contributed by atoms with Crippen LogP contribution in [-0.4, -0.2) is 71.4 Å². The van der Waals surface area contributed by atoms with Crippen molar-refractivity contribution in [3.63, 3.8) is 0 Å². The number of nitrogens with one attached hydrogen (secondary N) is 1. The number of carboxylic acids is 1. The monoisotopic (exact) mass is 611 g/mol. The van der Waals surface area contributed by atoms with Gasteiger partial charge in [-0.25, -0.2) is 9.97 Å². The third-order valence-corrected chi connectivity index (χ3v) is 8.99. The largest absolute Gasteiger partial charge is 0.481 e. The molecule has 0 unspecified atom stereocenters. The van der Waals surface area contributed by atoms with Gasteiger partial charge >= 0.3 is 5.97 Å². The van der Waals surface area contributed by atoms with Crippen LogP contribution in [0.1, 0.15) is 38.5 Å². The van der Waals surface area contributed by atoms with Crippen LogP contribution in [0, 0.1) is 5.92 Å². The number of hydrogen-bond acceptors (Lipinski definition) is 7. The maximum absolute atomic E-state index is 11.0. The highest BCUT2D eigenvalue weighted by atomic mass is 35.5. The fourth-order valence-electron chi connectivity index (χ4n) is 6.03. The number of rotatable bonds is 10. The number of likely N-dealkylation sites (tertiary alicyclic amines) is 1. The highest BCUT2D eigenvalue weighted by Gasteiger charge is 2.25. The molecule has 226 valence electrons. The number of carboxylic acid groups (broad SMARTS) is 1. The van der Waals surface area contributed by atoms with Crippen molar-refractivity contribution >= 4 is 28.7 Å². The summed E-state index contributed by atoms with van der Waals surface area (Å²) in [6.07, 6.45) is 6.63. The maximum Gasteiger partial charge on any atom is 0.303 e. The van der Waals surface area contributed by atoms with Crippen LogP contribution < -0.4 is 4.74 Å². The van der Waals surface area contributed by atoms with E-state index in [0.717, 1.165) is 66.9 Å². The predicted octanol–water partition coefficient (Wildman–Crippen LogP) is 6.32. The fourth-order valence-corrected chi connectivity index (χ4v) is 6.29. The minimum absolute atomic E-state index is 0.00528. The van der Waals surface area contributed by atoms with Crippen molar-refractivity contribution in [1.29, 1.82) is 0 Å². The van der Waals surface area contributed by atoms with E-state index in [9.17, 15) is 4.79 Å². The number of imidazole rings is 1. The lowest BCUT2D eigenvalue weighted by atomic mass is 9.85. The minimum atomic E-state index is -0.737. The number of pyridine rings is 1. The zero-order valence-electron chi connectivity index (χ0n) is 24.3. The van der Waals surface area contributed by atoms with Gasteiger partial charge in [-0.1, -0.05) is 60.1 Å². The lowest BCUT2D eigenvalue weighted by Crippen LogP contribution is -2.39. The average Bonchev–Trinajstić information content (AvgIpc) is 3.63. The lowest BCUT2D eigenvalue weighted by molar-refractivity contribution is -0.138. The molecule has 1 saturated heterocycles. The molecule has 2 fully saturated rings. The van der Waals surface area contributed by atoms with Crippen LogP contribution in [0.15, 0.2) is 60.9 Å². The summed E-state index contributed by atoms with van der Waals surface area (Å²) >= 11 is 6.66. The number of aromatic nitrogens is 6. The first kappa shape index (κ1) is 28.5. The molecule has 11 heteroatoms. The average molecular weight is 612 g/mol. The molecule has 1 aliphatic heterocycles. The second-order valence-electron chi connectivity index (χ2n) is 11.8. The first-order chi connectivity index (χ1) is 21.5. The first-order valence-electron chi connectivity index (χ1n) is 15.2. The first-order valence-corrected chi connectivity index (χ1v) is 15.6. The second kappa shape index (κ2) is 12.4. The summed E-state index contributed by atoms with van der Waals surface area (Å²) in [5.41, 5.74) is 5.97. The molecule has 0 atom stereocenters. The summed E-state index contributed by atoms with van der Waals surface area (Å²) in [7, 11) is 0. The van der Waals surface area contributed by atoms with Crippen LogP contribution >= 0.6 is 11.6 Å². The van der Waals surface area contributed by atoms with E-state index in [-0.39, 0.29) is 18.4 Å². The predicted molar refractivity (Wildman–Crippen MR) is 168 cm³/mol. The standard InChI is InChI=1S/C33H34ClN7O3/c34-27-19-28-32(38-33(36-28)44-26-12-2-21(3-13-26)18-29(42)43)37-30(27)24-8-4-22(5-9-24)23-6-10-25(11-7-23)31-35-20-41(39-31)17-16-40-14-1-15-40/h4-11,19-21,26H,1-3,12-18H2,(H,42,43)(H,36,37,38). The third kappa shape index (κ3) is 6.32. The number of fused-ring (bicyclic) bond motifs is 1. The fraction of sp³-hybridized carbons (Fsp3) is 0.364. The van der Waals surface area contributed by atoms with Gasteiger partial charge in [-0.05, 0) is 68.3 Å². The van der Waals surface area contributed by atoms with E-state index in [1.165, 1.54) is 19.5 Å². The number of hydrogen-bond donors (Lipinski definition) is 2. The normalized spacial score (nSPS) is 18.8. The zero-order chi connectivity index (χ0) is 30.0. The molecule has 3 aromatic heterocycles. The van der Waals surface area contributed by atoms with Crippen molar-refractivity contribution < 1.29 is 14.6 Å². The van der Waals surface area contributed by atoms with E-state index in [4.69, 9.17) is 26.4 Å². The molecule has 0 bridgehead atoms. The Bertz CT molecular complexity index is 1750. The molecule has 2 aromatic carbocycles. The van der Waals surface area contributed by atoms with Gasteiger partial charge in [0, 0.05) is 24.1 Å². The molecule has 0 spiro atoms. The molecule has 10 nitrogen and oxygen atoms in total. The molecule has 7 rings (SSSR count). The number of aliphatic carboxylic acids is 1. The Labute approximate surface area is 260 Å². The lowest BCUT2D eigenvalue weighted by Gasteiger charge is -2.30. The summed E-state index contributed by atoms with van der Waals surface area (Å²) in [5, 5.41) is 14.2. The van der Waals surface area contributed by atoms with Gasteiger partial charge in [-0.2, -0.15) is 10.1 Å². The zero-order valence-corrected chi connectivity index (χ0v) is 25.1. The van der Waals surface area contributed by atoms with Crippen LogP contribution in [0.25, 0.3) is 44.9 Å². The van der Waals surface area contributed by atoms with Crippen molar-refractivity contribution in [3.8, 4) is 39.8 Å². The maximum atomic E-state index is 11.0. The van der Waals surface area contributed by atoms with Gasteiger partial charge in [-0.15, -0.1) is 0 Å². The van der Waals surface area contributed by atoms with Gasteiger partial charge < -0.3 is 19.7 Å². The Balaban J connectivity index is 1.00. The number of halogens is 1. The Morgan fingerprint density at radius 3 is 2.27 bits per heavy atom. The van der Waals surface area contributed by atoms with Crippen LogP contribution in [0.5, 0.6) is 6.01 Å². The Hall–Kier alpha value is -4.28. The quantitative estimate of drug-likeness (QED) is 0.188. The van der Waals surface area contributed by atoms with E-state index < -0.39 is 5.97 Å². The third-order valence-electron chi connectivity index (χ3n) is 8.71. The molecule has 0 radical (unpaired) electrons.